The summed E-state index contributed by atoms with van der Waals surface area (Å²) in [6, 6.07) is 14.0. The number of nitro benzene ring substituents is 1. The normalized spacial score (nSPS) is 14.9. The van der Waals surface area contributed by atoms with E-state index >= 15 is 0 Å². The quantitative estimate of drug-likeness (QED) is 0.0650. The summed E-state index contributed by atoms with van der Waals surface area (Å²) < 4.78 is 16.2. The van der Waals surface area contributed by atoms with Gasteiger partial charge in [-0.15, -0.1) is 0 Å². The lowest BCUT2D eigenvalue weighted by Crippen LogP contribution is -2.36. The topological polar surface area (TPSA) is 203 Å². The van der Waals surface area contributed by atoms with Crippen molar-refractivity contribution >= 4 is 35.6 Å². The molecule has 1 amide bonds. The summed E-state index contributed by atoms with van der Waals surface area (Å²) in [6.07, 6.45) is 1.38. The first-order valence-corrected chi connectivity index (χ1v) is 14.5. The number of aromatic nitrogens is 1. The maximum Gasteiger partial charge on any atom is 0.338 e. The smallest absolute Gasteiger partial charge is 0.338 e. The molecular weight excluding hydrogens is 646 g/mol. The number of hydrogen-bond donors (Lipinski definition) is 3. The summed E-state index contributed by atoms with van der Waals surface area (Å²) in [5.74, 6) is -2.66. The van der Waals surface area contributed by atoms with Gasteiger partial charge in [0.05, 0.1) is 35.4 Å². The van der Waals surface area contributed by atoms with Gasteiger partial charge in [0, 0.05) is 34.8 Å². The predicted octanol–water partition coefficient (Wildman–Crippen LogP) is 4.40. The number of aryl methyl sites for hydroxylation is 1. The number of nitriles is 1. The zero-order chi connectivity index (χ0) is 35.1. The number of pyridine rings is 1. The van der Waals surface area contributed by atoms with Gasteiger partial charge in [-0.2, -0.15) is 5.26 Å². The van der Waals surface area contributed by atoms with Crippen molar-refractivity contribution in [2.24, 2.45) is 0 Å². The number of methoxy groups -OCH3 is 1. The third-order valence-electron chi connectivity index (χ3n) is 7.35. The molecule has 0 saturated carbocycles. The lowest BCUT2D eigenvalue weighted by atomic mass is 9.80. The van der Waals surface area contributed by atoms with Crippen molar-refractivity contribution < 1.29 is 33.5 Å². The Labute approximate surface area is 278 Å². The molecule has 0 aliphatic carbocycles. The van der Waals surface area contributed by atoms with Gasteiger partial charge in [-0.1, -0.05) is 35.9 Å². The maximum atomic E-state index is 13.7. The standard InChI is InChI=1S/C33H28ClN5O9/c1-17-24(14-21(15-35)31(41)38-17)20-8-10-22(11-9-20)47-13-12-26(36-16-40)48-33(43)28-19(3)37-18(2)27(32(42)46-4)29(28)23-6-5-7-25(30(23)34)39(44)45/h5-14,16,26,29,37H,1-4H3,(H,36,40)(H,38,41). The molecule has 0 radical (unpaired) electrons. The highest BCUT2D eigenvalue weighted by Crippen LogP contribution is 2.44. The fourth-order valence-corrected chi connectivity index (χ4v) is 5.44. The number of allylic oxidation sites excluding steroid dienone is 2. The number of H-pyrrole nitrogens is 1. The van der Waals surface area contributed by atoms with Gasteiger partial charge >= 0.3 is 11.9 Å². The number of nitrogens with one attached hydrogen (secondary N) is 3. The van der Waals surface area contributed by atoms with Crippen LogP contribution in [0.4, 0.5) is 5.69 Å². The number of esters is 2. The van der Waals surface area contributed by atoms with E-state index in [1.807, 2.05) is 6.07 Å². The van der Waals surface area contributed by atoms with Crippen molar-refractivity contribution in [1.82, 2.24) is 15.6 Å². The van der Waals surface area contributed by atoms with E-state index in [0.717, 1.165) is 7.11 Å². The third-order valence-corrected chi connectivity index (χ3v) is 7.76. The van der Waals surface area contributed by atoms with Crippen LogP contribution in [0.15, 0.2) is 88.2 Å². The van der Waals surface area contributed by atoms with E-state index in [0.29, 0.717) is 34.7 Å². The van der Waals surface area contributed by atoms with E-state index in [4.69, 9.17) is 25.8 Å². The third kappa shape index (κ3) is 7.27. The van der Waals surface area contributed by atoms with Gasteiger partial charge in [0.25, 0.3) is 11.2 Å². The van der Waals surface area contributed by atoms with Crippen LogP contribution in [-0.4, -0.2) is 41.6 Å². The van der Waals surface area contributed by atoms with Crippen LogP contribution in [0, 0.1) is 28.4 Å². The Kier molecular flexibility index (Phi) is 10.8. The molecule has 0 saturated heterocycles. The molecule has 0 spiro atoms. The van der Waals surface area contributed by atoms with Crippen molar-refractivity contribution in [3.8, 4) is 22.9 Å². The average Bonchev–Trinajstić information content (AvgIpc) is 3.04. The van der Waals surface area contributed by atoms with Crippen molar-refractivity contribution in [2.75, 3.05) is 7.11 Å². The predicted molar refractivity (Wildman–Crippen MR) is 172 cm³/mol. The van der Waals surface area contributed by atoms with E-state index in [1.54, 1.807) is 45.0 Å². The van der Waals surface area contributed by atoms with E-state index < -0.39 is 40.3 Å². The monoisotopic (exact) mass is 673 g/mol. The van der Waals surface area contributed by atoms with E-state index in [2.05, 4.69) is 15.6 Å². The summed E-state index contributed by atoms with van der Waals surface area (Å²) in [7, 11) is 1.15. The number of ether oxygens (including phenoxy) is 3. The number of dihydropyridines is 1. The molecule has 0 bridgehead atoms. The van der Waals surface area contributed by atoms with E-state index in [-0.39, 0.29) is 33.0 Å². The molecule has 1 aliphatic heterocycles. The van der Waals surface area contributed by atoms with Crippen LogP contribution < -0.4 is 20.9 Å². The molecule has 1 aromatic heterocycles. The Morgan fingerprint density at radius 1 is 1.10 bits per heavy atom. The first-order chi connectivity index (χ1) is 22.9. The second-order valence-corrected chi connectivity index (χ2v) is 10.7. The number of rotatable bonds is 11. The molecule has 48 heavy (non-hydrogen) atoms. The van der Waals surface area contributed by atoms with Gasteiger partial charge in [0.15, 0.2) is 6.23 Å². The zero-order valence-corrected chi connectivity index (χ0v) is 26.7. The minimum Gasteiger partial charge on any atom is -0.466 e. The van der Waals surface area contributed by atoms with Crippen LogP contribution in [0.1, 0.15) is 36.6 Å². The highest BCUT2D eigenvalue weighted by atomic mass is 35.5. The van der Waals surface area contributed by atoms with Crippen LogP contribution in [-0.2, 0) is 23.9 Å². The summed E-state index contributed by atoms with van der Waals surface area (Å²) in [6.45, 7) is 4.83. The molecule has 2 unspecified atom stereocenters. The van der Waals surface area contributed by atoms with Crippen molar-refractivity contribution in [3.05, 3.63) is 126 Å². The Morgan fingerprint density at radius 2 is 1.77 bits per heavy atom. The van der Waals surface area contributed by atoms with Crippen molar-refractivity contribution in [3.63, 3.8) is 0 Å². The fraction of sp³-hybridized carbons (Fsp3) is 0.182. The number of amides is 1. The van der Waals surface area contributed by atoms with Gasteiger partial charge < -0.3 is 29.8 Å². The number of benzene rings is 2. The minimum absolute atomic E-state index is 0.0238. The van der Waals surface area contributed by atoms with Gasteiger partial charge in [0.1, 0.15) is 22.4 Å². The molecule has 1 aliphatic rings. The molecule has 3 aromatic rings. The van der Waals surface area contributed by atoms with Crippen LogP contribution >= 0.6 is 11.6 Å². The SMILES string of the molecule is COC(=O)C1=C(C)NC(C)=C(C(=O)OC(C=COc2ccc(-c3cc(C#N)c(=O)[nH]c3C)cc2)NC=O)C1c1cccc([N+](=O)[O-])c1Cl. The molecule has 0 fully saturated rings. The summed E-state index contributed by atoms with van der Waals surface area (Å²) in [5.41, 5.74) is 1.55. The first-order valence-electron chi connectivity index (χ1n) is 14.1. The van der Waals surface area contributed by atoms with E-state index in [9.17, 15) is 34.6 Å². The number of carbonyl (C=O) groups is 3. The Bertz CT molecular complexity index is 1990. The minimum atomic E-state index is -1.35. The van der Waals surface area contributed by atoms with Gasteiger partial charge in [-0.05, 0) is 50.1 Å². The highest BCUT2D eigenvalue weighted by molar-refractivity contribution is 6.33. The fourth-order valence-electron chi connectivity index (χ4n) is 5.14. The Hall–Kier alpha value is -6.20. The number of aromatic amines is 1. The van der Waals surface area contributed by atoms with Crippen molar-refractivity contribution in [1.29, 1.82) is 5.26 Å². The zero-order valence-electron chi connectivity index (χ0n) is 26.0. The molecular formula is C33H28ClN5O9. The molecule has 15 heteroatoms. The Morgan fingerprint density at radius 3 is 2.38 bits per heavy atom. The molecule has 3 N–H and O–H groups in total. The molecule has 14 nitrogen and oxygen atoms in total. The number of carbonyl (C=O) groups excluding carboxylic acids is 3. The molecule has 246 valence electrons. The van der Waals surface area contributed by atoms with Crippen LogP contribution in [0.3, 0.4) is 0 Å². The first kappa shape index (κ1) is 34.7. The average molecular weight is 674 g/mol. The Balaban J connectivity index is 1.59. The molecule has 4 rings (SSSR count). The van der Waals surface area contributed by atoms with Crippen LogP contribution in [0.25, 0.3) is 11.1 Å². The second kappa shape index (κ2) is 14.9. The lowest BCUT2D eigenvalue weighted by Gasteiger charge is -2.31. The number of nitrogens with zero attached hydrogens (tertiary/aromatic N) is 2. The highest BCUT2D eigenvalue weighted by Gasteiger charge is 2.40. The summed E-state index contributed by atoms with van der Waals surface area (Å²) >= 11 is 6.45. The molecule has 2 atom stereocenters. The van der Waals surface area contributed by atoms with E-state index in [1.165, 1.54) is 36.6 Å². The molecule has 2 heterocycles. The van der Waals surface area contributed by atoms with Gasteiger partial charge in [0.2, 0.25) is 6.41 Å². The van der Waals surface area contributed by atoms with Crippen LogP contribution in [0.2, 0.25) is 5.02 Å². The summed E-state index contributed by atoms with van der Waals surface area (Å²) in [4.78, 5) is 63.5. The number of nitro groups is 1. The largest absolute Gasteiger partial charge is 0.466 e. The number of hydrogen-bond acceptors (Lipinski definition) is 11. The summed E-state index contributed by atoms with van der Waals surface area (Å²) in [5, 5.41) is 25.8. The number of halogens is 1. The lowest BCUT2D eigenvalue weighted by molar-refractivity contribution is -0.384. The van der Waals surface area contributed by atoms with Gasteiger partial charge in [-0.25, -0.2) is 9.59 Å². The second-order valence-electron chi connectivity index (χ2n) is 10.3. The van der Waals surface area contributed by atoms with Crippen LogP contribution in [0.5, 0.6) is 5.75 Å². The maximum absolute atomic E-state index is 13.7. The molecule has 2 aromatic carbocycles. The van der Waals surface area contributed by atoms with Gasteiger partial charge in [-0.3, -0.25) is 19.7 Å². The van der Waals surface area contributed by atoms with Crippen molar-refractivity contribution in [2.45, 2.75) is 32.9 Å².